The summed E-state index contributed by atoms with van der Waals surface area (Å²) in [6.07, 6.45) is 10.2. The minimum Gasteiger partial charge on any atom is -0.381 e. The second-order valence-corrected chi connectivity index (χ2v) is 11.5. The Hall–Kier alpha value is -3.15. The van der Waals surface area contributed by atoms with E-state index < -0.39 is 37.7 Å². The van der Waals surface area contributed by atoms with Crippen LogP contribution in [0.2, 0.25) is 0 Å². The summed E-state index contributed by atoms with van der Waals surface area (Å²) in [7, 11) is -5.53. The van der Waals surface area contributed by atoms with Gasteiger partial charge in [0.2, 0.25) is 0 Å². The number of alkyl halides is 3. The standard InChI is InChI=1S/C24H25F3N4O4S/c25-24(26,27)36(34,35)19-8-6-18(7-9-19)31-21(32)23(30-22(31)33)13-16(23)12-15-10-11-28-14-20(15)29-17-4-2-1-3-5-17/h6-11,14,16-17,29H,1-5,12-13H2,(H,30,33). The molecule has 2 heterocycles. The first-order chi connectivity index (χ1) is 17.0. The minimum atomic E-state index is -5.53. The number of rotatable bonds is 6. The zero-order valence-electron chi connectivity index (χ0n) is 19.2. The van der Waals surface area contributed by atoms with E-state index in [9.17, 15) is 31.2 Å². The third kappa shape index (κ3) is 4.21. The van der Waals surface area contributed by atoms with Crippen molar-refractivity contribution in [3.63, 3.8) is 0 Å². The summed E-state index contributed by atoms with van der Waals surface area (Å²) in [5.41, 5.74) is -4.61. The Bertz CT molecular complexity index is 1290. The molecular weight excluding hydrogens is 497 g/mol. The number of hydrogen-bond donors (Lipinski definition) is 2. The van der Waals surface area contributed by atoms with Crippen LogP contribution in [0.3, 0.4) is 0 Å². The number of anilines is 2. The first-order valence-electron chi connectivity index (χ1n) is 11.8. The summed E-state index contributed by atoms with van der Waals surface area (Å²) in [6.45, 7) is 0. The number of carbonyl (C=O) groups excluding carboxylic acids is 2. The highest BCUT2D eigenvalue weighted by atomic mass is 32.2. The Labute approximate surface area is 206 Å². The zero-order valence-corrected chi connectivity index (χ0v) is 20.0. The van der Waals surface area contributed by atoms with E-state index in [1.807, 2.05) is 6.07 Å². The van der Waals surface area contributed by atoms with Crippen LogP contribution in [0.25, 0.3) is 0 Å². The molecule has 1 spiro atoms. The van der Waals surface area contributed by atoms with E-state index in [2.05, 4.69) is 15.6 Å². The van der Waals surface area contributed by atoms with Crippen molar-refractivity contribution in [2.24, 2.45) is 5.92 Å². The van der Waals surface area contributed by atoms with Crippen LogP contribution in [-0.2, 0) is 21.1 Å². The van der Waals surface area contributed by atoms with Gasteiger partial charge in [-0.2, -0.15) is 13.2 Å². The highest BCUT2D eigenvalue weighted by molar-refractivity contribution is 7.92. The average molecular weight is 523 g/mol. The number of amides is 3. The molecule has 3 fully saturated rings. The van der Waals surface area contributed by atoms with Gasteiger partial charge in [-0.15, -0.1) is 0 Å². The Morgan fingerprint density at radius 3 is 2.44 bits per heavy atom. The molecule has 8 nitrogen and oxygen atoms in total. The number of halogens is 3. The molecule has 3 amide bonds. The van der Waals surface area contributed by atoms with Crippen LogP contribution in [0.15, 0.2) is 47.6 Å². The van der Waals surface area contributed by atoms with Crippen molar-refractivity contribution < 1.29 is 31.2 Å². The number of sulfone groups is 1. The van der Waals surface area contributed by atoms with Gasteiger partial charge in [0.15, 0.2) is 0 Å². The van der Waals surface area contributed by atoms with Crippen molar-refractivity contribution in [2.75, 3.05) is 10.2 Å². The molecule has 2 aromatic rings. The average Bonchev–Trinajstić information content (AvgIpc) is 3.46. The fourth-order valence-electron chi connectivity index (χ4n) is 5.19. The lowest BCUT2D eigenvalue weighted by Crippen LogP contribution is -2.35. The molecule has 2 N–H and O–H groups in total. The van der Waals surface area contributed by atoms with Crippen molar-refractivity contribution >= 4 is 33.2 Å². The Morgan fingerprint density at radius 2 is 1.78 bits per heavy atom. The smallest absolute Gasteiger partial charge is 0.381 e. The zero-order chi connectivity index (χ0) is 25.7. The first kappa shape index (κ1) is 24.5. The lowest BCUT2D eigenvalue weighted by Gasteiger charge is -2.25. The summed E-state index contributed by atoms with van der Waals surface area (Å²) >= 11 is 0. The van der Waals surface area contributed by atoms with Crippen molar-refractivity contribution in [1.82, 2.24) is 10.3 Å². The Balaban J connectivity index is 1.31. The topological polar surface area (TPSA) is 108 Å². The third-order valence-electron chi connectivity index (χ3n) is 7.28. The van der Waals surface area contributed by atoms with E-state index in [-0.39, 0.29) is 11.6 Å². The molecular formula is C24H25F3N4O4S. The van der Waals surface area contributed by atoms with Crippen molar-refractivity contribution in [3.05, 3.63) is 48.3 Å². The normalized spacial score (nSPS) is 24.8. The molecule has 2 saturated carbocycles. The van der Waals surface area contributed by atoms with E-state index in [0.29, 0.717) is 18.9 Å². The minimum absolute atomic E-state index is 0.00437. The molecule has 0 radical (unpaired) electrons. The molecule has 2 aliphatic carbocycles. The van der Waals surface area contributed by atoms with Crippen LogP contribution in [0.4, 0.5) is 29.3 Å². The van der Waals surface area contributed by atoms with Crippen LogP contribution in [0.5, 0.6) is 0 Å². The maximum atomic E-state index is 13.3. The molecule has 5 rings (SSSR count). The van der Waals surface area contributed by atoms with E-state index >= 15 is 0 Å². The Morgan fingerprint density at radius 1 is 1.08 bits per heavy atom. The summed E-state index contributed by atoms with van der Waals surface area (Å²) in [5, 5.41) is 6.32. The van der Waals surface area contributed by atoms with Gasteiger partial charge in [-0.05, 0) is 67.5 Å². The SMILES string of the molecule is O=C1NC2(CC2Cc2ccncc2NC2CCCCC2)C(=O)N1c1ccc(S(=O)(=O)C(F)(F)F)cc1. The van der Waals surface area contributed by atoms with E-state index in [1.54, 1.807) is 12.4 Å². The van der Waals surface area contributed by atoms with Gasteiger partial charge in [-0.3, -0.25) is 9.78 Å². The van der Waals surface area contributed by atoms with Gasteiger partial charge in [0.1, 0.15) is 5.54 Å². The summed E-state index contributed by atoms with van der Waals surface area (Å²) < 4.78 is 61.6. The molecule has 192 valence electrons. The molecule has 3 aliphatic rings. The molecule has 0 bridgehead atoms. The quantitative estimate of drug-likeness (QED) is 0.551. The number of nitrogens with zero attached hydrogens (tertiary/aromatic N) is 2. The maximum Gasteiger partial charge on any atom is 0.501 e. The van der Waals surface area contributed by atoms with Gasteiger partial charge in [0.25, 0.3) is 15.7 Å². The van der Waals surface area contributed by atoms with Crippen molar-refractivity contribution in [3.8, 4) is 0 Å². The molecule has 36 heavy (non-hydrogen) atoms. The molecule has 2 unspecified atom stereocenters. The maximum absolute atomic E-state index is 13.3. The molecule has 1 saturated heterocycles. The summed E-state index contributed by atoms with van der Waals surface area (Å²) in [4.78, 5) is 30.1. The van der Waals surface area contributed by atoms with Crippen LogP contribution in [-0.4, -0.2) is 42.4 Å². The van der Waals surface area contributed by atoms with Gasteiger partial charge in [0.05, 0.1) is 22.5 Å². The number of carbonyl (C=O) groups is 2. The van der Waals surface area contributed by atoms with E-state index in [0.717, 1.165) is 53.3 Å². The second kappa shape index (κ2) is 8.75. The number of imide groups is 1. The summed E-state index contributed by atoms with van der Waals surface area (Å²) in [6, 6.07) is 5.13. The number of urea groups is 1. The number of pyridine rings is 1. The van der Waals surface area contributed by atoms with Gasteiger partial charge in [0, 0.05) is 12.2 Å². The predicted octanol–water partition coefficient (Wildman–Crippen LogP) is 4.18. The van der Waals surface area contributed by atoms with Gasteiger partial charge < -0.3 is 10.6 Å². The number of hydrogen-bond acceptors (Lipinski definition) is 6. The molecule has 2 atom stereocenters. The van der Waals surface area contributed by atoms with Crippen molar-refractivity contribution in [2.45, 2.75) is 66.9 Å². The largest absolute Gasteiger partial charge is 0.501 e. The molecule has 1 aromatic heterocycles. The number of benzene rings is 1. The highest BCUT2D eigenvalue weighted by Gasteiger charge is 2.67. The summed E-state index contributed by atoms with van der Waals surface area (Å²) in [5.74, 6) is -0.655. The third-order valence-corrected chi connectivity index (χ3v) is 8.78. The van der Waals surface area contributed by atoms with Crippen LogP contribution >= 0.6 is 0 Å². The van der Waals surface area contributed by atoms with Gasteiger partial charge >= 0.3 is 11.5 Å². The number of nitrogens with one attached hydrogen (secondary N) is 2. The Kier molecular flexibility index (Phi) is 5.97. The fraction of sp³-hybridized carbons (Fsp3) is 0.458. The van der Waals surface area contributed by atoms with Gasteiger partial charge in [-0.25, -0.2) is 18.1 Å². The molecule has 12 heteroatoms. The van der Waals surface area contributed by atoms with Crippen LogP contribution < -0.4 is 15.5 Å². The lowest BCUT2D eigenvalue weighted by molar-refractivity contribution is -0.119. The highest BCUT2D eigenvalue weighted by Crippen LogP contribution is 2.51. The van der Waals surface area contributed by atoms with Crippen LogP contribution in [0, 0.1) is 5.92 Å². The number of aromatic nitrogens is 1. The lowest BCUT2D eigenvalue weighted by atomic mass is 9.95. The fourth-order valence-corrected chi connectivity index (χ4v) is 5.95. The second-order valence-electron chi connectivity index (χ2n) is 9.60. The van der Waals surface area contributed by atoms with E-state index in [4.69, 9.17) is 0 Å². The van der Waals surface area contributed by atoms with Crippen molar-refractivity contribution in [1.29, 1.82) is 0 Å². The van der Waals surface area contributed by atoms with Crippen LogP contribution in [0.1, 0.15) is 44.1 Å². The first-order valence-corrected chi connectivity index (χ1v) is 13.3. The monoisotopic (exact) mass is 522 g/mol. The molecule has 1 aliphatic heterocycles. The molecule has 1 aromatic carbocycles. The van der Waals surface area contributed by atoms with E-state index in [1.165, 1.54) is 19.3 Å². The predicted molar refractivity (Wildman–Crippen MR) is 125 cm³/mol. The van der Waals surface area contributed by atoms with Gasteiger partial charge in [-0.1, -0.05) is 19.3 Å².